The smallest absolute Gasteiger partial charge is 0.123 e. The third-order valence-corrected chi connectivity index (χ3v) is 4.05. The van der Waals surface area contributed by atoms with E-state index in [1.165, 1.54) is 0 Å². The van der Waals surface area contributed by atoms with Gasteiger partial charge in [0.05, 0.1) is 29.5 Å². The van der Waals surface area contributed by atoms with Crippen LogP contribution in [0.1, 0.15) is 18.9 Å². The number of hydrogen-bond donors (Lipinski definition) is 0. The average Bonchev–Trinajstić information content (AvgIpc) is 2.97. The third kappa shape index (κ3) is 2.55. The van der Waals surface area contributed by atoms with Crippen molar-refractivity contribution in [2.45, 2.75) is 26.8 Å². The summed E-state index contributed by atoms with van der Waals surface area (Å²) in [7, 11) is 1.66. The average molecular weight is 316 g/mol. The Morgan fingerprint density at radius 2 is 2.14 bits per heavy atom. The van der Waals surface area contributed by atoms with Crippen LogP contribution in [0.4, 0.5) is 0 Å². The zero-order chi connectivity index (χ0) is 15.7. The van der Waals surface area contributed by atoms with Crippen molar-refractivity contribution in [2.75, 3.05) is 7.11 Å². The minimum Gasteiger partial charge on any atom is -0.496 e. The van der Waals surface area contributed by atoms with E-state index in [-0.39, 0.29) is 0 Å². The fraction of sp³-hybridized carbons (Fsp3) is 0.294. The predicted molar refractivity (Wildman–Crippen MR) is 89.6 cm³/mol. The lowest BCUT2D eigenvalue weighted by molar-refractivity contribution is 0.412. The number of aryl methyl sites for hydroxylation is 2. The number of hydrogen-bond acceptors (Lipinski definition) is 3. The summed E-state index contributed by atoms with van der Waals surface area (Å²) in [5.74, 6) is 0.815. The number of benzene rings is 1. The van der Waals surface area contributed by atoms with Gasteiger partial charge in [-0.25, -0.2) is 4.98 Å². The molecule has 2 aromatic heterocycles. The number of nitrogens with zero attached hydrogens (tertiary/aromatic N) is 3. The van der Waals surface area contributed by atoms with Crippen molar-refractivity contribution in [1.82, 2.24) is 14.8 Å². The van der Waals surface area contributed by atoms with E-state index in [0.717, 1.165) is 46.4 Å². The van der Waals surface area contributed by atoms with Gasteiger partial charge in [-0.05, 0) is 31.5 Å². The van der Waals surface area contributed by atoms with Crippen LogP contribution in [0, 0.1) is 6.92 Å². The van der Waals surface area contributed by atoms with Crippen LogP contribution >= 0.6 is 11.6 Å². The zero-order valence-electron chi connectivity index (χ0n) is 12.9. The first-order chi connectivity index (χ1) is 10.6. The Morgan fingerprint density at radius 1 is 1.32 bits per heavy atom. The second-order valence-electron chi connectivity index (χ2n) is 5.27. The Bertz CT molecular complexity index is 826. The first-order valence-corrected chi connectivity index (χ1v) is 7.68. The molecule has 1 aromatic carbocycles. The highest BCUT2D eigenvalue weighted by Gasteiger charge is 2.12. The van der Waals surface area contributed by atoms with E-state index in [9.17, 15) is 0 Å². The Labute approximate surface area is 134 Å². The number of fused-ring (bicyclic) bond motifs is 1. The Morgan fingerprint density at radius 3 is 2.86 bits per heavy atom. The van der Waals surface area contributed by atoms with Crippen molar-refractivity contribution < 1.29 is 4.74 Å². The minimum absolute atomic E-state index is 0.689. The lowest BCUT2D eigenvalue weighted by Gasteiger charge is -2.10. The lowest BCUT2D eigenvalue weighted by Crippen LogP contribution is -1.95. The van der Waals surface area contributed by atoms with Gasteiger partial charge in [-0.1, -0.05) is 18.5 Å². The van der Waals surface area contributed by atoms with Gasteiger partial charge in [0, 0.05) is 29.3 Å². The maximum absolute atomic E-state index is 6.44. The number of ether oxygens (including phenoxy) is 1. The first-order valence-electron chi connectivity index (χ1n) is 7.30. The molecule has 0 fully saturated rings. The minimum atomic E-state index is 0.689. The Balaban J connectivity index is 2.16. The second kappa shape index (κ2) is 5.97. The van der Waals surface area contributed by atoms with Crippen LogP contribution < -0.4 is 4.74 Å². The van der Waals surface area contributed by atoms with Gasteiger partial charge in [-0.3, -0.25) is 4.68 Å². The molecule has 0 aliphatic rings. The molecule has 0 unspecified atom stereocenters. The lowest BCUT2D eigenvalue weighted by atomic mass is 10.1. The Hall–Kier alpha value is -2.07. The van der Waals surface area contributed by atoms with Crippen molar-refractivity contribution in [3.63, 3.8) is 0 Å². The maximum atomic E-state index is 6.44. The molecule has 0 atom stereocenters. The van der Waals surface area contributed by atoms with Gasteiger partial charge in [0.15, 0.2) is 0 Å². The fourth-order valence-electron chi connectivity index (χ4n) is 2.59. The Kier molecular flexibility index (Phi) is 4.03. The fourth-order valence-corrected chi connectivity index (χ4v) is 2.84. The highest BCUT2D eigenvalue weighted by Crippen LogP contribution is 2.33. The molecule has 4 nitrogen and oxygen atoms in total. The normalized spacial score (nSPS) is 11.1. The SMILES string of the molecule is CCCn1cc(-c2cc(Cl)c3ccc(OC)c(C)c3n2)cn1. The highest BCUT2D eigenvalue weighted by molar-refractivity contribution is 6.35. The molecule has 22 heavy (non-hydrogen) atoms. The van der Waals surface area contributed by atoms with Crippen LogP contribution in [0.15, 0.2) is 30.6 Å². The van der Waals surface area contributed by atoms with Gasteiger partial charge in [-0.15, -0.1) is 0 Å². The summed E-state index contributed by atoms with van der Waals surface area (Å²) in [6, 6.07) is 5.76. The van der Waals surface area contributed by atoms with Crippen LogP contribution in [0.3, 0.4) is 0 Å². The van der Waals surface area contributed by atoms with Crippen molar-refractivity contribution in [1.29, 1.82) is 0 Å². The predicted octanol–water partition coefficient (Wildman–Crippen LogP) is 4.48. The molecular weight excluding hydrogens is 298 g/mol. The molecule has 3 rings (SSSR count). The molecule has 114 valence electrons. The molecule has 0 spiro atoms. The van der Waals surface area contributed by atoms with Gasteiger partial charge < -0.3 is 4.74 Å². The molecule has 0 amide bonds. The molecule has 0 bridgehead atoms. The molecule has 0 saturated carbocycles. The molecule has 2 heterocycles. The summed E-state index contributed by atoms with van der Waals surface area (Å²) >= 11 is 6.44. The monoisotopic (exact) mass is 315 g/mol. The van der Waals surface area contributed by atoms with E-state index in [1.807, 2.05) is 42.2 Å². The number of aromatic nitrogens is 3. The highest BCUT2D eigenvalue weighted by atomic mass is 35.5. The molecule has 5 heteroatoms. The number of pyridine rings is 1. The molecule has 0 N–H and O–H groups in total. The zero-order valence-corrected chi connectivity index (χ0v) is 13.7. The molecule has 3 aromatic rings. The van der Waals surface area contributed by atoms with Crippen LogP contribution in [-0.4, -0.2) is 21.9 Å². The van der Waals surface area contributed by atoms with Crippen LogP contribution in [0.5, 0.6) is 5.75 Å². The number of rotatable bonds is 4. The summed E-state index contributed by atoms with van der Waals surface area (Å²) < 4.78 is 7.30. The standard InChI is InChI=1S/C17H18ClN3O/c1-4-7-21-10-12(9-19-21)15-8-14(18)13-5-6-16(22-3)11(2)17(13)20-15/h5-6,8-10H,4,7H2,1-3H3. The van der Waals surface area contributed by atoms with Crippen molar-refractivity contribution >= 4 is 22.5 Å². The van der Waals surface area contributed by atoms with E-state index in [0.29, 0.717) is 5.02 Å². The largest absolute Gasteiger partial charge is 0.496 e. The van der Waals surface area contributed by atoms with Crippen LogP contribution in [0.25, 0.3) is 22.2 Å². The van der Waals surface area contributed by atoms with Crippen LogP contribution in [-0.2, 0) is 6.54 Å². The topological polar surface area (TPSA) is 39.9 Å². The first kappa shape index (κ1) is 14.9. The van der Waals surface area contributed by atoms with Gasteiger partial charge in [-0.2, -0.15) is 5.10 Å². The summed E-state index contributed by atoms with van der Waals surface area (Å²) in [6.07, 6.45) is 4.88. The molecular formula is C17H18ClN3O. The van der Waals surface area contributed by atoms with E-state index in [1.54, 1.807) is 7.11 Å². The quantitative estimate of drug-likeness (QED) is 0.712. The van der Waals surface area contributed by atoms with E-state index >= 15 is 0 Å². The molecule has 0 radical (unpaired) electrons. The molecule has 0 aliphatic heterocycles. The molecule has 0 saturated heterocycles. The van der Waals surface area contributed by atoms with E-state index in [2.05, 4.69) is 12.0 Å². The maximum Gasteiger partial charge on any atom is 0.123 e. The van der Waals surface area contributed by atoms with Crippen LogP contribution in [0.2, 0.25) is 5.02 Å². The van der Waals surface area contributed by atoms with Gasteiger partial charge in [0.2, 0.25) is 0 Å². The summed E-state index contributed by atoms with van der Waals surface area (Å²) in [5, 5.41) is 5.98. The van der Waals surface area contributed by atoms with Crippen molar-refractivity contribution in [3.8, 4) is 17.0 Å². The second-order valence-corrected chi connectivity index (χ2v) is 5.68. The number of halogens is 1. The van der Waals surface area contributed by atoms with Gasteiger partial charge in [0.25, 0.3) is 0 Å². The summed E-state index contributed by atoms with van der Waals surface area (Å²) in [4.78, 5) is 4.77. The van der Waals surface area contributed by atoms with Gasteiger partial charge in [0.1, 0.15) is 5.75 Å². The molecule has 0 aliphatic carbocycles. The van der Waals surface area contributed by atoms with E-state index in [4.69, 9.17) is 21.3 Å². The van der Waals surface area contributed by atoms with E-state index < -0.39 is 0 Å². The van der Waals surface area contributed by atoms with Crippen molar-refractivity contribution in [3.05, 3.63) is 41.2 Å². The summed E-state index contributed by atoms with van der Waals surface area (Å²) in [5.41, 5.74) is 3.66. The third-order valence-electron chi connectivity index (χ3n) is 3.74. The number of methoxy groups -OCH3 is 1. The van der Waals surface area contributed by atoms with Gasteiger partial charge >= 0.3 is 0 Å². The summed E-state index contributed by atoms with van der Waals surface area (Å²) in [6.45, 7) is 5.02. The van der Waals surface area contributed by atoms with Crippen molar-refractivity contribution in [2.24, 2.45) is 0 Å².